The first kappa shape index (κ1) is 5.41. The van der Waals surface area contributed by atoms with Gasteiger partial charge in [0.2, 0.25) is 0 Å². The van der Waals surface area contributed by atoms with Gasteiger partial charge in [-0.05, 0) is 13.8 Å². The van der Waals surface area contributed by atoms with Crippen LogP contribution in [0.15, 0.2) is 5.10 Å². The summed E-state index contributed by atoms with van der Waals surface area (Å²) in [6.45, 7) is 4.97. The van der Waals surface area contributed by atoms with Crippen molar-refractivity contribution in [2.75, 3.05) is 6.67 Å². The molecule has 0 aromatic rings. The average Bonchev–Trinajstić information content (AvgIpc) is 2.12. The molecule has 3 heteroatoms. The Hall–Kier alpha value is -0.730. The maximum absolute atomic E-state index is 3.78. The molecule has 0 unspecified atom stereocenters. The topological polar surface area (TPSA) is 29.7 Å². The van der Waals surface area contributed by atoms with E-state index in [1.807, 2.05) is 0 Å². The summed E-state index contributed by atoms with van der Waals surface area (Å²) in [6, 6.07) is 0.532. The maximum atomic E-state index is 3.78. The first-order chi connectivity index (χ1) is 3.80. The molecule has 0 aromatic carbocycles. The highest BCUT2D eigenvalue weighted by Crippen LogP contribution is 1.96. The zero-order chi connectivity index (χ0) is 5.98. The third-order valence-corrected chi connectivity index (χ3v) is 1.17. The zero-order valence-corrected chi connectivity index (χ0v) is 5.20. The summed E-state index contributed by atoms with van der Waals surface area (Å²) < 4.78 is 0. The molecule has 3 nitrogen and oxygen atoms in total. The predicted molar refractivity (Wildman–Crippen MR) is 32.5 cm³/mol. The van der Waals surface area contributed by atoms with Crippen LogP contribution in [0.3, 0.4) is 0 Å². The molecule has 0 amide bonds. The molecule has 0 saturated heterocycles. The van der Waals surface area contributed by atoms with Gasteiger partial charge in [0.25, 0.3) is 0 Å². The van der Waals surface area contributed by atoms with Gasteiger partial charge in [-0.25, -0.2) is 0 Å². The largest absolute Gasteiger partial charge is 0.338 e. The Morgan fingerprint density at radius 1 is 1.62 bits per heavy atom. The third-order valence-electron chi connectivity index (χ3n) is 1.17. The number of rotatable bonds is 1. The SMILES string of the molecule is CC(C)N1C=N[N]C1. The Bertz CT molecular complexity index is 97.8. The van der Waals surface area contributed by atoms with Crippen molar-refractivity contribution in [3.63, 3.8) is 0 Å². The molecule has 1 rings (SSSR count). The number of hydrogen-bond donors (Lipinski definition) is 0. The molecule has 0 atom stereocenters. The number of hydrogen-bond acceptors (Lipinski definition) is 2. The van der Waals surface area contributed by atoms with Crippen molar-refractivity contribution >= 4 is 6.34 Å². The van der Waals surface area contributed by atoms with Crippen LogP contribution in [-0.4, -0.2) is 23.9 Å². The van der Waals surface area contributed by atoms with Crippen molar-refractivity contribution in [1.82, 2.24) is 10.3 Å². The van der Waals surface area contributed by atoms with Gasteiger partial charge in [0.05, 0.1) is 0 Å². The summed E-state index contributed by atoms with van der Waals surface area (Å²) in [5.74, 6) is 0. The van der Waals surface area contributed by atoms with Crippen LogP contribution in [0.25, 0.3) is 0 Å². The molecule has 0 saturated carbocycles. The lowest BCUT2D eigenvalue weighted by atomic mass is 10.4. The van der Waals surface area contributed by atoms with Crippen LogP contribution in [0.4, 0.5) is 0 Å². The fourth-order valence-electron chi connectivity index (χ4n) is 0.546. The summed E-state index contributed by atoms with van der Waals surface area (Å²) >= 11 is 0. The normalized spacial score (nSPS) is 17.6. The molecular formula is C5H10N3. The lowest BCUT2D eigenvalue weighted by molar-refractivity contribution is 0.362. The van der Waals surface area contributed by atoms with E-state index in [1.54, 1.807) is 6.34 Å². The van der Waals surface area contributed by atoms with Gasteiger partial charge >= 0.3 is 0 Å². The zero-order valence-electron chi connectivity index (χ0n) is 5.20. The van der Waals surface area contributed by atoms with Crippen molar-refractivity contribution in [3.05, 3.63) is 0 Å². The lowest BCUT2D eigenvalue weighted by Gasteiger charge is -2.15. The van der Waals surface area contributed by atoms with Gasteiger partial charge in [0.15, 0.2) is 0 Å². The maximum Gasteiger partial charge on any atom is 0.132 e. The second-order valence-electron chi connectivity index (χ2n) is 2.12. The molecule has 1 aliphatic rings. The summed E-state index contributed by atoms with van der Waals surface area (Å²) in [7, 11) is 0. The first-order valence-electron chi connectivity index (χ1n) is 2.76. The fourth-order valence-corrected chi connectivity index (χ4v) is 0.546. The van der Waals surface area contributed by atoms with Crippen LogP contribution >= 0.6 is 0 Å². The van der Waals surface area contributed by atoms with E-state index in [4.69, 9.17) is 0 Å². The highest BCUT2D eigenvalue weighted by Gasteiger charge is 2.08. The minimum absolute atomic E-state index is 0.532. The van der Waals surface area contributed by atoms with Crippen LogP contribution < -0.4 is 5.43 Å². The lowest BCUT2D eigenvalue weighted by Crippen LogP contribution is -2.28. The summed E-state index contributed by atoms with van der Waals surface area (Å²) in [5.41, 5.74) is 3.78. The third kappa shape index (κ3) is 0.911. The van der Waals surface area contributed by atoms with Crippen LogP contribution in [0.5, 0.6) is 0 Å². The Morgan fingerprint density at radius 3 is 2.62 bits per heavy atom. The van der Waals surface area contributed by atoms with E-state index >= 15 is 0 Å². The van der Waals surface area contributed by atoms with Gasteiger partial charge in [-0.15, -0.1) is 5.10 Å². The second kappa shape index (κ2) is 2.03. The molecule has 1 aliphatic heterocycles. The van der Waals surface area contributed by atoms with E-state index in [1.165, 1.54) is 0 Å². The molecule has 0 fully saturated rings. The summed E-state index contributed by atoms with van der Waals surface area (Å²) in [6.07, 6.45) is 1.77. The molecule has 0 N–H and O–H groups in total. The van der Waals surface area contributed by atoms with Crippen molar-refractivity contribution in [1.29, 1.82) is 0 Å². The van der Waals surface area contributed by atoms with Crippen molar-refractivity contribution in [3.8, 4) is 0 Å². The van der Waals surface area contributed by atoms with Gasteiger partial charge in [-0.1, -0.05) is 0 Å². The highest BCUT2D eigenvalue weighted by atomic mass is 15.5. The van der Waals surface area contributed by atoms with E-state index in [9.17, 15) is 0 Å². The van der Waals surface area contributed by atoms with Gasteiger partial charge in [-0.3, -0.25) is 0 Å². The standard InChI is InChI=1S/C5H10N3/c1-5(2)8-3-6-7-4-8/h3,5H,4H2,1-2H3. The average molecular weight is 112 g/mol. The first-order valence-corrected chi connectivity index (χ1v) is 2.76. The van der Waals surface area contributed by atoms with E-state index in [2.05, 4.69) is 29.3 Å². The molecule has 0 bridgehead atoms. The smallest absolute Gasteiger partial charge is 0.132 e. The molecular weight excluding hydrogens is 102 g/mol. The van der Waals surface area contributed by atoms with E-state index in [-0.39, 0.29) is 0 Å². The Labute approximate surface area is 49.4 Å². The monoisotopic (exact) mass is 112 g/mol. The summed E-state index contributed by atoms with van der Waals surface area (Å²) in [5, 5.41) is 3.71. The molecule has 0 spiro atoms. The van der Waals surface area contributed by atoms with E-state index in [0.29, 0.717) is 6.04 Å². The molecule has 0 aliphatic carbocycles. The quantitative estimate of drug-likeness (QED) is 0.477. The van der Waals surface area contributed by atoms with Crippen LogP contribution in [0.2, 0.25) is 0 Å². The summed E-state index contributed by atoms with van der Waals surface area (Å²) in [4.78, 5) is 2.07. The van der Waals surface area contributed by atoms with Gasteiger partial charge in [0, 0.05) is 6.04 Å². The van der Waals surface area contributed by atoms with Crippen molar-refractivity contribution in [2.24, 2.45) is 5.10 Å². The van der Waals surface area contributed by atoms with Crippen LogP contribution in [0, 0.1) is 0 Å². The molecule has 1 heterocycles. The van der Waals surface area contributed by atoms with E-state index in [0.717, 1.165) is 6.67 Å². The Kier molecular flexibility index (Phi) is 1.37. The van der Waals surface area contributed by atoms with Gasteiger partial charge in [-0.2, -0.15) is 5.43 Å². The highest BCUT2D eigenvalue weighted by molar-refractivity contribution is 5.56. The van der Waals surface area contributed by atoms with Crippen molar-refractivity contribution < 1.29 is 0 Å². The molecule has 1 radical (unpaired) electrons. The van der Waals surface area contributed by atoms with Gasteiger partial charge < -0.3 is 4.90 Å². The van der Waals surface area contributed by atoms with Crippen LogP contribution in [-0.2, 0) is 0 Å². The predicted octanol–water partition coefficient (Wildman–Crippen LogP) is 0.216. The molecule has 8 heavy (non-hydrogen) atoms. The van der Waals surface area contributed by atoms with Crippen molar-refractivity contribution in [2.45, 2.75) is 19.9 Å². The Morgan fingerprint density at radius 2 is 2.38 bits per heavy atom. The molecule has 45 valence electrons. The Balaban J connectivity index is 2.36. The van der Waals surface area contributed by atoms with E-state index < -0.39 is 0 Å². The minimum Gasteiger partial charge on any atom is -0.338 e. The van der Waals surface area contributed by atoms with Crippen LogP contribution in [0.1, 0.15) is 13.8 Å². The molecule has 0 aromatic heterocycles. The second-order valence-corrected chi connectivity index (χ2v) is 2.12. The fraction of sp³-hybridized carbons (Fsp3) is 0.800. The van der Waals surface area contributed by atoms with Gasteiger partial charge in [0.1, 0.15) is 13.0 Å². The number of nitrogens with zero attached hydrogens (tertiary/aromatic N) is 3. The minimum atomic E-state index is 0.532.